The Labute approximate surface area is 199 Å². The predicted molar refractivity (Wildman–Crippen MR) is 133 cm³/mol. The van der Waals surface area contributed by atoms with Gasteiger partial charge in [0.2, 0.25) is 0 Å². The minimum atomic E-state index is -0.654. The van der Waals surface area contributed by atoms with Crippen molar-refractivity contribution in [1.82, 2.24) is 30.0 Å². The number of hydrogen-bond donors (Lipinski definition) is 2. The number of anilines is 2. The van der Waals surface area contributed by atoms with Crippen molar-refractivity contribution < 1.29 is 9.53 Å². The van der Waals surface area contributed by atoms with Gasteiger partial charge < -0.3 is 15.4 Å². The third-order valence-electron chi connectivity index (χ3n) is 5.32. The van der Waals surface area contributed by atoms with Crippen molar-refractivity contribution in [3.8, 4) is 5.75 Å². The van der Waals surface area contributed by atoms with E-state index in [1.165, 1.54) is 6.33 Å². The highest BCUT2D eigenvalue weighted by Gasteiger charge is 2.17. The molecule has 0 aliphatic heterocycles. The van der Waals surface area contributed by atoms with Gasteiger partial charge in [-0.15, -0.1) is 11.3 Å². The van der Waals surface area contributed by atoms with Crippen LogP contribution in [0.15, 0.2) is 60.5 Å². The zero-order valence-corrected chi connectivity index (χ0v) is 19.5. The maximum atomic E-state index is 12.2. The molecule has 0 saturated carbocycles. The molecule has 0 aliphatic rings. The van der Waals surface area contributed by atoms with Crippen molar-refractivity contribution in [2.75, 3.05) is 11.9 Å². The number of carbonyl (C=O) groups excluding carboxylic acids is 1. The first kappa shape index (κ1) is 21.8. The van der Waals surface area contributed by atoms with E-state index in [0.717, 1.165) is 27.1 Å². The minimum Gasteiger partial charge on any atom is -0.480 e. The van der Waals surface area contributed by atoms with Gasteiger partial charge in [-0.25, -0.2) is 15.0 Å². The Balaban J connectivity index is 1.45. The molecule has 0 aliphatic carbocycles. The number of aromatic nitrogens is 5. The first-order valence-electron chi connectivity index (χ1n) is 10.9. The topological polar surface area (TPSA) is 107 Å². The van der Waals surface area contributed by atoms with Crippen molar-refractivity contribution in [3.05, 3.63) is 65.5 Å². The van der Waals surface area contributed by atoms with Gasteiger partial charge >= 0.3 is 0 Å². The monoisotopic (exact) mass is 473 g/mol. The zero-order chi connectivity index (χ0) is 23.5. The number of nitrogens with one attached hydrogen (secondary N) is 2. The van der Waals surface area contributed by atoms with Crippen LogP contribution in [0.4, 0.5) is 11.5 Å². The molecule has 3 aromatic heterocycles. The van der Waals surface area contributed by atoms with Crippen LogP contribution < -0.4 is 15.4 Å². The van der Waals surface area contributed by atoms with Crippen molar-refractivity contribution >= 4 is 50.6 Å². The molecule has 2 N–H and O–H groups in total. The van der Waals surface area contributed by atoms with E-state index in [1.54, 1.807) is 24.5 Å². The van der Waals surface area contributed by atoms with E-state index in [0.29, 0.717) is 30.0 Å². The molecular formula is C24H23N7O2S. The lowest BCUT2D eigenvalue weighted by atomic mass is 10.2. The molecule has 10 heteroatoms. The van der Waals surface area contributed by atoms with Crippen molar-refractivity contribution in [1.29, 1.82) is 0 Å². The van der Waals surface area contributed by atoms with Crippen LogP contribution in [-0.2, 0) is 11.3 Å². The third kappa shape index (κ3) is 4.40. The number of fused-ring (bicyclic) bond motifs is 2. The largest absolute Gasteiger partial charge is 0.480 e. The highest BCUT2D eigenvalue weighted by molar-refractivity contribution is 7.09. The molecule has 2 aromatic carbocycles. The number of ether oxygens (including phenoxy) is 1. The number of rotatable bonds is 8. The maximum absolute atomic E-state index is 12.2. The molecule has 172 valence electrons. The molecule has 9 nitrogen and oxygen atoms in total. The summed E-state index contributed by atoms with van der Waals surface area (Å²) in [6, 6.07) is 11.6. The molecule has 1 amide bonds. The van der Waals surface area contributed by atoms with Crippen LogP contribution in [0.5, 0.6) is 5.75 Å². The first-order valence-corrected chi connectivity index (χ1v) is 11.8. The average molecular weight is 474 g/mol. The Kier molecular flexibility index (Phi) is 6.05. The van der Waals surface area contributed by atoms with Crippen molar-refractivity contribution in [3.63, 3.8) is 0 Å². The lowest BCUT2D eigenvalue weighted by molar-refractivity contribution is -0.127. The number of hydrogen-bond acceptors (Lipinski definition) is 8. The van der Waals surface area contributed by atoms with Crippen molar-refractivity contribution in [2.45, 2.75) is 26.5 Å². The van der Waals surface area contributed by atoms with Gasteiger partial charge in [-0.3, -0.25) is 9.48 Å². The number of likely N-dealkylation sites (N-methyl/N-ethyl adjacent to an activating group) is 1. The smallest absolute Gasteiger partial charge is 0.260 e. The summed E-state index contributed by atoms with van der Waals surface area (Å²) in [5.74, 6) is 0.959. The Morgan fingerprint density at radius 2 is 2.12 bits per heavy atom. The fourth-order valence-corrected chi connectivity index (χ4v) is 4.32. The minimum absolute atomic E-state index is 0.175. The van der Waals surface area contributed by atoms with Crippen LogP contribution in [0.25, 0.3) is 21.8 Å². The summed E-state index contributed by atoms with van der Waals surface area (Å²) >= 11 is 1.61. The van der Waals surface area contributed by atoms with Gasteiger partial charge in [0.15, 0.2) is 6.10 Å². The molecule has 0 unspecified atom stereocenters. The molecule has 0 bridgehead atoms. The second kappa shape index (κ2) is 9.44. The molecule has 1 atom stereocenters. The molecule has 5 rings (SSSR count). The summed E-state index contributed by atoms with van der Waals surface area (Å²) in [5, 5.41) is 15.4. The molecule has 0 fully saturated rings. The number of amides is 1. The van der Waals surface area contributed by atoms with Gasteiger partial charge in [-0.1, -0.05) is 6.07 Å². The quantitative estimate of drug-likeness (QED) is 0.349. The van der Waals surface area contributed by atoms with Crippen LogP contribution in [0.3, 0.4) is 0 Å². The lowest BCUT2D eigenvalue weighted by Gasteiger charge is -2.17. The van der Waals surface area contributed by atoms with E-state index in [-0.39, 0.29) is 5.91 Å². The Morgan fingerprint density at radius 3 is 2.94 bits per heavy atom. The van der Waals surface area contributed by atoms with E-state index in [2.05, 4.69) is 30.7 Å². The Bertz CT molecular complexity index is 1440. The van der Waals surface area contributed by atoms with Crippen LogP contribution in [0.1, 0.15) is 18.9 Å². The van der Waals surface area contributed by atoms with E-state index >= 15 is 0 Å². The van der Waals surface area contributed by atoms with Gasteiger partial charge in [0, 0.05) is 29.2 Å². The standard InChI is InChI=1S/C24H23N7O2S/c1-3-25-24(32)15(2)33-20-6-4-5-18-22(20)23(28-14-27-18)30-17-7-8-19-16(11-17)12-29-31(19)13-21-26-9-10-34-21/h4-12,14-15H,3,13H2,1-2H3,(H,25,32)(H,27,28,30)/t15-/m1/s1. The van der Waals surface area contributed by atoms with Gasteiger partial charge in [-0.2, -0.15) is 5.10 Å². The van der Waals surface area contributed by atoms with Gasteiger partial charge in [0.25, 0.3) is 5.91 Å². The van der Waals surface area contributed by atoms with E-state index in [1.807, 2.05) is 59.6 Å². The van der Waals surface area contributed by atoms with Crippen LogP contribution in [0, 0.1) is 0 Å². The average Bonchev–Trinajstić information content (AvgIpc) is 3.50. The SMILES string of the molecule is CCNC(=O)[C@@H](C)Oc1cccc2ncnc(Nc3ccc4c(cnn4Cc4nccs4)c3)c12. The summed E-state index contributed by atoms with van der Waals surface area (Å²) in [4.78, 5) is 25.4. The van der Waals surface area contributed by atoms with Crippen LogP contribution in [-0.4, -0.2) is 43.3 Å². The van der Waals surface area contributed by atoms with E-state index in [9.17, 15) is 4.79 Å². The van der Waals surface area contributed by atoms with Gasteiger partial charge in [0.1, 0.15) is 22.9 Å². The lowest BCUT2D eigenvalue weighted by Crippen LogP contribution is -2.36. The fraction of sp³-hybridized carbons (Fsp3) is 0.208. The molecule has 0 radical (unpaired) electrons. The zero-order valence-electron chi connectivity index (χ0n) is 18.7. The molecule has 0 saturated heterocycles. The summed E-state index contributed by atoms with van der Waals surface area (Å²) < 4.78 is 7.93. The molecular weight excluding hydrogens is 450 g/mol. The second-order valence-electron chi connectivity index (χ2n) is 7.65. The van der Waals surface area contributed by atoms with Crippen LogP contribution in [0.2, 0.25) is 0 Å². The summed E-state index contributed by atoms with van der Waals surface area (Å²) in [6.45, 7) is 4.77. The first-order chi connectivity index (χ1) is 16.6. The molecule has 34 heavy (non-hydrogen) atoms. The summed E-state index contributed by atoms with van der Waals surface area (Å²) in [6.07, 6.45) is 4.49. The normalized spacial score (nSPS) is 12.1. The fourth-order valence-electron chi connectivity index (χ4n) is 3.72. The summed E-state index contributed by atoms with van der Waals surface area (Å²) in [5.41, 5.74) is 2.59. The predicted octanol–water partition coefficient (Wildman–Crippen LogP) is 4.13. The third-order valence-corrected chi connectivity index (χ3v) is 6.09. The number of benzene rings is 2. The highest BCUT2D eigenvalue weighted by atomic mass is 32.1. The molecule has 0 spiro atoms. The maximum Gasteiger partial charge on any atom is 0.260 e. The van der Waals surface area contributed by atoms with Gasteiger partial charge in [0.05, 0.1) is 29.2 Å². The number of thiazole rings is 1. The number of nitrogens with zero attached hydrogens (tertiary/aromatic N) is 5. The van der Waals surface area contributed by atoms with Crippen LogP contribution >= 0.6 is 11.3 Å². The van der Waals surface area contributed by atoms with E-state index < -0.39 is 6.10 Å². The second-order valence-corrected chi connectivity index (χ2v) is 8.63. The molecule has 3 heterocycles. The van der Waals surface area contributed by atoms with Crippen molar-refractivity contribution in [2.24, 2.45) is 0 Å². The Hall–Kier alpha value is -4.05. The highest BCUT2D eigenvalue weighted by Crippen LogP contribution is 2.32. The number of carbonyl (C=O) groups is 1. The van der Waals surface area contributed by atoms with Gasteiger partial charge in [-0.05, 0) is 44.2 Å². The Morgan fingerprint density at radius 1 is 1.21 bits per heavy atom. The van der Waals surface area contributed by atoms with E-state index in [4.69, 9.17) is 4.74 Å². The summed E-state index contributed by atoms with van der Waals surface area (Å²) in [7, 11) is 0. The molecule has 5 aromatic rings.